The van der Waals surface area contributed by atoms with Crippen molar-refractivity contribution in [3.8, 4) is 17.6 Å². The van der Waals surface area contributed by atoms with Gasteiger partial charge < -0.3 is 10.1 Å². The summed E-state index contributed by atoms with van der Waals surface area (Å²) >= 11 is 0. The van der Waals surface area contributed by atoms with Crippen LogP contribution in [0.5, 0.6) is 11.5 Å². The fraction of sp³-hybridized carbons (Fsp3) is 0.0833. The molecule has 0 radical (unpaired) electrons. The van der Waals surface area contributed by atoms with Gasteiger partial charge in [-0.15, -0.1) is 0 Å². The lowest BCUT2D eigenvalue weighted by atomic mass is 10.1. The van der Waals surface area contributed by atoms with Crippen LogP contribution in [0, 0.1) is 25.2 Å². The van der Waals surface area contributed by atoms with Crippen LogP contribution in [0.15, 0.2) is 78.4 Å². The first-order chi connectivity index (χ1) is 13.6. The maximum atomic E-state index is 12.6. The van der Waals surface area contributed by atoms with E-state index in [0.717, 1.165) is 22.6 Å². The molecular formula is C24H20N2O2. The fourth-order valence-corrected chi connectivity index (χ4v) is 2.80. The summed E-state index contributed by atoms with van der Waals surface area (Å²) in [4.78, 5) is 12.6. The second-order valence-corrected chi connectivity index (χ2v) is 6.38. The van der Waals surface area contributed by atoms with Crippen molar-refractivity contribution >= 4 is 17.7 Å². The molecule has 138 valence electrons. The van der Waals surface area contributed by atoms with Gasteiger partial charge in [0.1, 0.15) is 23.1 Å². The number of nitrogens with zero attached hydrogens (tertiary/aromatic N) is 1. The highest BCUT2D eigenvalue weighted by Gasteiger charge is 2.12. The maximum Gasteiger partial charge on any atom is 0.266 e. The summed E-state index contributed by atoms with van der Waals surface area (Å²) in [5.41, 5.74) is 3.36. The summed E-state index contributed by atoms with van der Waals surface area (Å²) in [7, 11) is 0. The highest BCUT2D eigenvalue weighted by Crippen LogP contribution is 2.24. The standard InChI is InChI=1S/C24H20N2O2/c1-17-8-6-9-18(2)23(17)26-24(27)20(16-25)14-19-10-7-13-22(15-19)28-21-11-4-3-5-12-21/h3-15H,1-2H3,(H,26,27)/b20-14+. The average molecular weight is 368 g/mol. The zero-order valence-corrected chi connectivity index (χ0v) is 15.8. The van der Waals surface area contributed by atoms with Gasteiger partial charge in [0.2, 0.25) is 0 Å². The molecule has 0 bridgehead atoms. The van der Waals surface area contributed by atoms with Gasteiger partial charge in [-0.1, -0.05) is 48.5 Å². The van der Waals surface area contributed by atoms with Crippen molar-refractivity contribution in [2.24, 2.45) is 0 Å². The molecule has 0 aliphatic carbocycles. The van der Waals surface area contributed by atoms with E-state index >= 15 is 0 Å². The van der Waals surface area contributed by atoms with E-state index < -0.39 is 5.91 Å². The topological polar surface area (TPSA) is 62.1 Å². The Balaban J connectivity index is 1.81. The predicted octanol–water partition coefficient (Wildman–Crippen LogP) is 5.64. The van der Waals surface area contributed by atoms with Gasteiger partial charge in [0.25, 0.3) is 5.91 Å². The third kappa shape index (κ3) is 4.66. The number of ether oxygens (including phenoxy) is 1. The second kappa shape index (κ2) is 8.70. The van der Waals surface area contributed by atoms with Gasteiger partial charge >= 0.3 is 0 Å². The Morgan fingerprint density at radius 2 is 1.57 bits per heavy atom. The molecule has 0 spiro atoms. The molecule has 0 atom stereocenters. The van der Waals surface area contributed by atoms with E-state index in [1.54, 1.807) is 12.1 Å². The summed E-state index contributed by atoms with van der Waals surface area (Å²) in [6.45, 7) is 3.84. The first kappa shape index (κ1) is 18.9. The number of amides is 1. The minimum atomic E-state index is -0.436. The van der Waals surface area contributed by atoms with Crippen LogP contribution in [0.25, 0.3) is 6.08 Å². The summed E-state index contributed by atoms with van der Waals surface area (Å²) in [6.07, 6.45) is 1.56. The molecular weight excluding hydrogens is 348 g/mol. The largest absolute Gasteiger partial charge is 0.457 e. The quantitative estimate of drug-likeness (QED) is 0.468. The second-order valence-electron chi connectivity index (χ2n) is 6.38. The molecule has 0 saturated heterocycles. The van der Waals surface area contributed by atoms with Crippen LogP contribution in [0.4, 0.5) is 5.69 Å². The Labute approximate surface area is 164 Å². The van der Waals surface area contributed by atoms with Crippen molar-refractivity contribution in [1.82, 2.24) is 0 Å². The fourth-order valence-electron chi connectivity index (χ4n) is 2.80. The number of carbonyl (C=O) groups is 1. The number of hydrogen-bond donors (Lipinski definition) is 1. The van der Waals surface area contributed by atoms with Crippen molar-refractivity contribution in [2.75, 3.05) is 5.32 Å². The lowest BCUT2D eigenvalue weighted by Gasteiger charge is -2.11. The lowest BCUT2D eigenvalue weighted by molar-refractivity contribution is -0.112. The van der Waals surface area contributed by atoms with E-state index in [4.69, 9.17) is 4.74 Å². The van der Waals surface area contributed by atoms with Crippen LogP contribution in [0.2, 0.25) is 0 Å². The zero-order valence-electron chi connectivity index (χ0n) is 15.8. The van der Waals surface area contributed by atoms with E-state index in [0.29, 0.717) is 11.3 Å². The van der Waals surface area contributed by atoms with Crippen molar-refractivity contribution in [2.45, 2.75) is 13.8 Å². The molecule has 3 aromatic carbocycles. The van der Waals surface area contributed by atoms with E-state index in [1.807, 2.05) is 86.6 Å². The van der Waals surface area contributed by atoms with Gasteiger partial charge in [0, 0.05) is 5.69 Å². The number of anilines is 1. The molecule has 0 heterocycles. The molecule has 0 unspecified atom stereocenters. The molecule has 4 heteroatoms. The van der Waals surface area contributed by atoms with Gasteiger partial charge in [-0.05, 0) is 60.9 Å². The van der Waals surface area contributed by atoms with Crippen LogP contribution in [-0.4, -0.2) is 5.91 Å². The molecule has 0 aromatic heterocycles. The van der Waals surface area contributed by atoms with E-state index in [2.05, 4.69) is 5.32 Å². The molecule has 0 fully saturated rings. The summed E-state index contributed by atoms with van der Waals surface area (Å²) in [5.74, 6) is 0.915. The third-order valence-corrected chi connectivity index (χ3v) is 4.23. The normalized spacial score (nSPS) is 10.8. The molecule has 1 amide bonds. The number of nitriles is 1. The van der Waals surface area contributed by atoms with Gasteiger partial charge in [0.05, 0.1) is 0 Å². The van der Waals surface area contributed by atoms with E-state index in [-0.39, 0.29) is 5.57 Å². The molecule has 3 aromatic rings. The number of benzene rings is 3. The number of carbonyl (C=O) groups excluding carboxylic acids is 1. The van der Waals surface area contributed by atoms with Crippen molar-refractivity contribution in [1.29, 1.82) is 5.26 Å². The van der Waals surface area contributed by atoms with Crippen LogP contribution >= 0.6 is 0 Å². The third-order valence-electron chi connectivity index (χ3n) is 4.23. The highest BCUT2D eigenvalue weighted by molar-refractivity contribution is 6.10. The first-order valence-electron chi connectivity index (χ1n) is 8.89. The SMILES string of the molecule is Cc1cccc(C)c1NC(=O)/C(C#N)=C/c1cccc(Oc2ccccc2)c1. The Morgan fingerprint density at radius 3 is 2.25 bits per heavy atom. The molecule has 0 aliphatic rings. The monoisotopic (exact) mass is 368 g/mol. The zero-order chi connectivity index (χ0) is 19.9. The number of nitrogens with one attached hydrogen (secondary N) is 1. The highest BCUT2D eigenvalue weighted by atomic mass is 16.5. The molecule has 4 nitrogen and oxygen atoms in total. The van der Waals surface area contributed by atoms with E-state index in [1.165, 1.54) is 0 Å². The van der Waals surface area contributed by atoms with Crippen molar-refractivity contribution < 1.29 is 9.53 Å². The average Bonchev–Trinajstić information content (AvgIpc) is 2.70. The molecule has 0 aliphatic heterocycles. The van der Waals surface area contributed by atoms with Gasteiger partial charge in [-0.25, -0.2) is 0 Å². The minimum absolute atomic E-state index is 0.0273. The summed E-state index contributed by atoms with van der Waals surface area (Å²) < 4.78 is 5.81. The molecule has 28 heavy (non-hydrogen) atoms. The van der Waals surface area contributed by atoms with Gasteiger partial charge in [-0.2, -0.15) is 5.26 Å². The maximum absolute atomic E-state index is 12.6. The molecule has 0 saturated carbocycles. The number of aryl methyl sites for hydroxylation is 2. The van der Waals surface area contributed by atoms with Crippen LogP contribution in [-0.2, 0) is 4.79 Å². The van der Waals surface area contributed by atoms with Gasteiger partial charge in [0.15, 0.2) is 0 Å². The van der Waals surface area contributed by atoms with Gasteiger partial charge in [-0.3, -0.25) is 4.79 Å². The Hall–Kier alpha value is -3.84. The predicted molar refractivity (Wildman–Crippen MR) is 111 cm³/mol. The summed E-state index contributed by atoms with van der Waals surface area (Å²) in [5, 5.41) is 12.3. The Morgan fingerprint density at radius 1 is 0.929 bits per heavy atom. The van der Waals surface area contributed by atoms with E-state index in [9.17, 15) is 10.1 Å². The number of rotatable bonds is 5. The number of hydrogen-bond acceptors (Lipinski definition) is 3. The smallest absolute Gasteiger partial charge is 0.266 e. The molecule has 3 rings (SSSR count). The van der Waals surface area contributed by atoms with Crippen LogP contribution < -0.4 is 10.1 Å². The Kier molecular flexibility index (Phi) is 5.88. The minimum Gasteiger partial charge on any atom is -0.457 e. The Bertz CT molecular complexity index is 1040. The van der Waals surface area contributed by atoms with Crippen molar-refractivity contribution in [3.05, 3.63) is 95.1 Å². The summed E-state index contributed by atoms with van der Waals surface area (Å²) in [6, 6.07) is 24.4. The van der Waals surface area contributed by atoms with Crippen molar-refractivity contribution in [3.63, 3.8) is 0 Å². The molecule has 1 N–H and O–H groups in total. The lowest BCUT2D eigenvalue weighted by Crippen LogP contribution is -2.15. The number of para-hydroxylation sites is 2. The first-order valence-corrected chi connectivity index (χ1v) is 8.89. The van der Waals surface area contributed by atoms with Crippen LogP contribution in [0.3, 0.4) is 0 Å². The van der Waals surface area contributed by atoms with Crippen LogP contribution in [0.1, 0.15) is 16.7 Å².